The van der Waals surface area contributed by atoms with E-state index in [1.165, 1.54) is 4.68 Å². The van der Waals surface area contributed by atoms with E-state index in [1.807, 2.05) is 0 Å². The van der Waals surface area contributed by atoms with E-state index in [0.29, 0.717) is 6.54 Å². The third-order valence-corrected chi connectivity index (χ3v) is 1.92. The van der Waals surface area contributed by atoms with Crippen LogP contribution in [0.2, 0.25) is 0 Å². The fourth-order valence-electron chi connectivity index (χ4n) is 1.13. The Morgan fingerprint density at radius 1 is 1.64 bits per heavy atom. The number of nitrogens with one attached hydrogen (secondary N) is 2. The zero-order valence-electron chi connectivity index (χ0n) is 8.71. The average Bonchev–Trinajstić information content (AvgIpc) is 2.59. The lowest BCUT2D eigenvalue weighted by molar-refractivity contribution is -0.388. The predicted molar refractivity (Wildman–Crippen MR) is 51.8 cm³/mol. The smallest absolute Gasteiger partial charge is 0.322 e. The molecule has 0 unspecified atom stereocenters. The van der Waals surface area contributed by atoms with Gasteiger partial charge in [0.15, 0.2) is 0 Å². The van der Waals surface area contributed by atoms with Gasteiger partial charge < -0.3 is 5.32 Å². The van der Waals surface area contributed by atoms with Crippen molar-refractivity contribution in [3.05, 3.63) is 12.2 Å². The van der Waals surface area contributed by atoms with Gasteiger partial charge in [-0.05, 0) is 11.1 Å². The molecule has 0 bridgehead atoms. The lowest BCUT2D eigenvalue weighted by Crippen LogP contribution is -2.30. The molecule has 5 heteroatoms. The van der Waals surface area contributed by atoms with Crippen molar-refractivity contribution in [1.82, 2.24) is 15.1 Å². The molecule has 1 amide bonds. The second-order valence-electron chi connectivity index (χ2n) is 3.24. The van der Waals surface area contributed by atoms with Crippen LogP contribution in [0.15, 0.2) is 6.33 Å². The van der Waals surface area contributed by atoms with Gasteiger partial charge in [-0.25, -0.2) is 9.78 Å². The maximum Gasteiger partial charge on any atom is 0.415 e. The standard InChI is InChI=1S/C9H16N4O/c1-3-4-5-6-10-9(14)13-7-11-8(2)12-13/h7H,3-6H2,1-2H3,(H,10,14)/p+1. The van der Waals surface area contributed by atoms with Gasteiger partial charge >= 0.3 is 6.03 Å². The minimum Gasteiger partial charge on any atom is -0.322 e. The van der Waals surface area contributed by atoms with E-state index >= 15 is 0 Å². The van der Waals surface area contributed by atoms with Crippen LogP contribution >= 0.6 is 0 Å². The first-order valence-corrected chi connectivity index (χ1v) is 4.96. The highest BCUT2D eigenvalue weighted by Crippen LogP contribution is 1.91. The summed E-state index contributed by atoms with van der Waals surface area (Å²) in [6, 6.07) is -0.176. The molecule has 0 saturated carbocycles. The number of aryl methyl sites for hydroxylation is 1. The van der Waals surface area contributed by atoms with Crippen LogP contribution in [0, 0.1) is 6.92 Å². The van der Waals surface area contributed by atoms with Crippen LogP contribution in [-0.2, 0) is 0 Å². The van der Waals surface area contributed by atoms with Crippen molar-refractivity contribution < 1.29 is 9.78 Å². The van der Waals surface area contributed by atoms with Crippen molar-refractivity contribution in [3.63, 3.8) is 0 Å². The van der Waals surface area contributed by atoms with E-state index in [-0.39, 0.29) is 6.03 Å². The Hall–Kier alpha value is -1.39. The molecule has 1 heterocycles. The summed E-state index contributed by atoms with van der Waals surface area (Å²) >= 11 is 0. The van der Waals surface area contributed by atoms with Crippen molar-refractivity contribution in [2.24, 2.45) is 0 Å². The van der Waals surface area contributed by atoms with E-state index in [4.69, 9.17) is 0 Å². The zero-order valence-corrected chi connectivity index (χ0v) is 8.71. The molecule has 1 aromatic heterocycles. The van der Waals surface area contributed by atoms with E-state index in [2.05, 4.69) is 22.3 Å². The number of H-pyrrole nitrogens is 1. The van der Waals surface area contributed by atoms with Crippen molar-refractivity contribution in [2.75, 3.05) is 6.54 Å². The second-order valence-corrected chi connectivity index (χ2v) is 3.24. The van der Waals surface area contributed by atoms with Crippen LogP contribution in [-0.4, -0.2) is 22.4 Å². The van der Waals surface area contributed by atoms with Gasteiger partial charge in [0.25, 0.3) is 5.82 Å². The average molecular weight is 197 g/mol. The van der Waals surface area contributed by atoms with Crippen molar-refractivity contribution in [2.45, 2.75) is 33.1 Å². The molecule has 0 aromatic carbocycles. The second kappa shape index (κ2) is 5.36. The number of unbranched alkanes of at least 4 members (excludes halogenated alkanes) is 2. The van der Waals surface area contributed by atoms with Gasteiger partial charge in [0.2, 0.25) is 6.33 Å². The summed E-state index contributed by atoms with van der Waals surface area (Å²) in [7, 11) is 0. The lowest BCUT2D eigenvalue weighted by atomic mass is 10.2. The van der Waals surface area contributed by atoms with Gasteiger partial charge in [-0.15, -0.1) is 0 Å². The molecular weight excluding hydrogens is 180 g/mol. The number of aromatic amines is 1. The molecule has 0 aliphatic rings. The molecule has 14 heavy (non-hydrogen) atoms. The van der Waals surface area contributed by atoms with Crippen molar-refractivity contribution >= 4 is 6.03 Å². The Morgan fingerprint density at radius 3 is 3.00 bits per heavy atom. The minimum absolute atomic E-state index is 0.176. The van der Waals surface area contributed by atoms with E-state index < -0.39 is 0 Å². The number of rotatable bonds is 4. The number of nitrogens with zero attached hydrogens (tertiary/aromatic N) is 2. The highest BCUT2D eigenvalue weighted by Gasteiger charge is 2.12. The summed E-state index contributed by atoms with van der Waals surface area (Å²) in [5.74, 6) is 0.730. The van der Waals surface area contributed by atoms with Gasteiger partial charge in [0, 0.05) is 18.6 Å². The molecule has 0 atom stereocenters. The summed E-state index contributed by atoms with van der Waals surface area (Å²) in [6.07, 6.45) is 4.87. The molecule has 0 aliphatic carbocycles. The number of carbonyl (C=O) groups excluding carboxylic acids is 1. The normalized spacial score (nSPS) is 10.1. The summed E-state index contributed by atoms with van der Waals surface area (Å²) < 4.78 is 1.28. The Morgan fingerprint density at radius 2 is 2.43 bits per heavy atom. The maximum atomic E-state index is 11.4. The first-order chi connectivity index (χ1) is 6.74. The minimum atomic E-state index is -0.176. The topological polar surface area (TPSA) is 61.1 Å². The molecule has 1 aromatic rings. The molecule has 0 spiro atoms. The summed E-state index contributed by atoms with van der Waals surface area (Å²) in [5, 5.41) is 6.75. The van der Waals surface area contributed by atoms with E-state index in [1.54, 1.807) is 13.3 Å². The van der Waals surface area contributed by atoms with Gasteiger partial charge in [-0.3, -0.25) is 0 Å². The van der Waals surface area contributed by atoms with Gasteiger partial charge in [-0.2, -0.15) is 0 Å². The molecule has 2 N–H and O–H groups in total. The van der Waals surface area contributed by atoms with Crippen LogP contribution in [0.5, 0.6) is 0 Å². The number of aromatic nitrogens is 3. The SMILES string of the molecule is CCCCCNC(=O)n1c[nH+]c(C)n1. The maximum absolute atomic E-state index is 11.4. The number of hydrogen-bond acceptors (Lipinski definition) is 2. The molecule has 1 rings (SSSR count). The largest absolute Gasteiger partial charge is 0.415 e. The first-order valence-electron chi connectivity index (χ1n) is 4.96. The fourth-order valence-corrected chi connectivity index (χ4v) is 1.13. The Bertz CT molecular complexity index is 295. The lowest BCUT2D eigenvalue weighted by Gasteiger charge is -1.98. The predicted octanol–water partition coefficient (Wildman–Crippen LogP) is 0.754. The summed E-state index contributed by atoms with van der Waals surface area (Å²) in [5.41, 5.74) is 0. The van der Waals surface area contributed by atoms with Crippen LogP contribution in [0.4, 0.5) is 4.79 Å². The highest BCUT2D eigenvalue weighted by atomic mass is 16.2. The monoisotopic (exact) mass is 197 g/mol. The molecule has 0 radical (unpaired) electrons. The van der Waals surface area contributed by atoms with Crippen LogP contribution in [0.1, 0.15) is 32.0 Å². The zero-order chi connectivity index (χ0) is 10.4. The number of carbonyl (C=O) groups is 1. The summed E-state index contributed by atoms with van der Waals surface area (Å²) in [4.78, 5) is 14.2. The Labute approximate surface area is 83.5 Å². The van der Waals surface area contributed by atoms with Crippen LogP contribution < -0.4 is 10.3 Å². The Kier molecular flexibility index (Phi) is 4.10. The van der Waals surface area contributed by atoms with Crippen LogP contribution in [0.3, 0.4) is 0 Å². The molecule has 78 valence electrons. The molecular formula is C9H17N4O+. The van der Waals surface area contributed by atoms with Gasteiger partial charge in [-0.1, -0.05) is 19.8 Å². The number of amides is 1. The van der Waals surface area contributed by atoms with Gasteiger partial charge in [0.05, 0.1) is 0 Å². The molecule has 5 nitrogen and oxygen atoms in total. The van der Waals surface area contributed by atoms with E-state index in [0.717, 1.165) is 25.1 Å². The van der Waals surface area contributed by atoms with Crippen molar-refractivity contribution in [3.8, 4) is 0 Å². The highest BCUT2D eigenvalue weighted by molar-refractivity contribution is 5.75. The third kappa shape index (κ3) is 3.16. The molecule has 0 saturated heterocycles. The number of hydrogen-bond donors (Lipinski definition) is 1. The molecule has 0 fully saturated rings. The quantitative estimate of drug-likeness (QED) is 0.724. The Balaban J connectivity index is 2.29. The van der Waals surface area contributed by atoms with Crippen LogP contribution in [0.25, 0.3) is 0 Å². The van der Waals surface area contributed by atoms with Crippen molar-refractivity contribution in [1.29, 1.82) is 0 Å². The van der Waals surface area contributed by atoms with Gasteiger partial charge in [0.1, 0.15) is 0 Å². The molecule has 0 aliphatic heterocycles. The third-order valence-electron chi connectivity index (χ3n) is 1.92. The fraction of sp³-hybridized carbons (Fsp3) is 0.667. The summed E-state index contributed by atoms with van der Waals surface area (Å²) in [6.45, 7) is 4.65. The van der Waals surface area contributed by atoms with E-state index in [9.17, 15) is 4.79 Å². The first kappa shape index (κ1) is 10.7.